The minimum Gasteiger partial charge on any atom is -0.361 e. The molecular formula is C9H22N2O. The van der Waals surface area contributed by atoms with Crippen LogP contribution in [0.2, 0.25) is 0 Å². The predicted octanol–water partition coefficient (Wildman–Crippen LogP) is 1.22. The summed E-state index contributed by atoms with van der Waals surface area (Å²) in [6.07, 6.45) is 4.45. The first-order valence-electron chi connectivity index (χ1n) is 4.78. The van der Waals surface area contributed by atoms with E-state index in [1.165, 1.54) is 0 Å². The first-order chi connectivity index (χ1) is 5.66. The maximum absolute atomic E-state index is 5.70. The van der Waals surface area contributed by atoms with Crippen molar-refractivity contribution in [2.45, 2.75) is 51.9 Å². The standard InChI is InChI=1S/C9H22N2O/c1-8(2)12-9(11)6-4-3-5-7-10/h8-9H,3-7,10-11H2,1-2H3. The van der Waals surface area contributed by atoms with Gasteiger partial charge in [0.2, 0.25) is 0 Å². The Balaban J connectivity index is 3.14. The molecule has 0 aromatic rings. The number of ether oxygens (including phenoxy) is 1. The number of rotatable bonds is 7. The molecule has 1 unspecified atom stereocenters. The fourth-order valence-electron chi connectivity index (χ4n) is 1.08. The minimum absolute atomic E-state index is 0.0947. The Bertz CT molecular complexity index is 96.5. The van der Waals surface area contributed by atoms with E-state index in [2.05, 4.69) is 0 Å². The van der Waals surface area contributed by atoms with Gasteiger partial charge in [0.1, 0.15) is 6.23 Å². The van der Waals surface area contributed by atoms with E-state index in [-0.39, 0.29) is 12.3 Å². The highest BCUT2D eigenvalue weighted by Crippen LogP contribution is 2.04. The zero-order chi connectivity index (χ0) is 9.40. The minimum atomic E-state index is -0.0947. The van der Waals surface area contributed by atoms with Crippen LogP contribution < -0.4 is 11.5 Å². The van der Waals surface area contributed by atoms with Crippen LogP contribution in [0.5, 0.6) is 0 Å². The summed E-state index contributed by atoms with van der Waals surface area (Å²) in [5.41, 5.74) is 11.1. The Morgan fingerprint density at radius 1 is 1.17 bits per heavy atom. The van der Waals surface area contributed by atoms with Crippen molar-refractivity contribution in [3.05, 3.63) is 0 Å². The van der Waals surface area contributed by atoms with E-state index in [9.17, 15) is 0 Å². The summed E-state index contributed by atoms with van der Waals surface area (Å²) >= 11 is 0. The second kappa shape index (κ2) is 7.53. The van der Waals surface area contributed by atoms with Crippen LogP contribution >= 0.6 is 0 Å². The zero-order valence-corrected chi connectivity index (χ0v) is 8.25. The summed E-state index contributed by atoms with van der Waals surface area (Å²) in [5, 5.41) is 0. The van der Waals surface area contributed by atoms with E-state index >= 15 is 0 Å². The molecular weight excluding hydrogens is 152 g/mol. The molecule has 0 aromatic heterocycles. The van der Waals surface area contributed by atoms with Gasteiger partial charge in [-0.25, -0.2) is 0 Å². The molecule has 0 fully saturated rings. The van der Waals surface area contributed by atoms with Crippen molar-refractivity contribution in [2.24, 2.45) is 11.5 Å². The summed E-state index contributed by atoms with van der Waals surface area (Å²) in [5.74, 6) is 0. The lowest BCUT2D eigenvalue weighted by atomic mass is 10.2. The molecule has 12 heavy (non-hydrogen) atoms. The van der Waals surface area contributed by atoms with Gasteiger partial charge in [0.15, 0.2) is 0 Å². The molecule has 3 heteroatoms. The Labute approximate surface area is 75.5 Å². The van der Waals surface area contributed by atoms with E-state index < -0.39 is 0 Å². The average Bonchev–Trinajstić information content (AvgIpc) is 1.97. The van der Waals surface area contributed by atoms with Gasteiger partial charge in [0, 0.05) is 0 Å². The van der Waals surface area contributed by atoms with Crippen LogP contribution in [0.1, 0.15) is 39.5 Å². The van der Waals surface area contributed by atoms with Gasteiger partial charge in [-0.1, -0.05) is 6.42 Å². The van der Waals surface area contributed by atoms with Gasteiger partial charge in [-0.15, -0.1) is 0 Å². The molecule has 0 heterocycles. The van der Waals surface area contributed by atoms with Gasteiger partial charge < -0.3 is 16.2 Å². The van der Waals surface area contributed by atoms with Crippen LogP contribution in [0.25, 0.3) is 0 Å². The lowest BCUT2D eigenvalue weighted by Crippen LogP contribution is -2.26. The van der Waals surface area contributed by atoms with E-state index in [1.807, 2.05) is 13.8 Å². The molecule has 1 atom stereocenters. The van der Waals surface area contributed by atoms with E-state index in [1.54, 1.807) is 0 Å². The SMILES string of the molecule is CC(C)OC(N)CCCCCN. The molecule has 0 rings (SSSR count). The van der Waals surface area contributed by atoms with Crippen molar-refractivity contribution in [2.75, 3.05) is 6.54 Å². The van der Waals surface area contributed by atoms with Gasteiger partial charge in [-0.2, -0.15) is 0 Å². The first kappa shape index (κ1) is 11.9. The number of hydrogen-bond donors (Lipinski definition) is 2. The van der Waals surface area contributed by atoms with Gasteiger partial charge in [0.05, 0.1) is 6.10 Å². The second-order valence-electron chi connectivity index (χ2n) is 3.36. The molecule has 0 aliphatic carbocycles. The largest absolute Gasteiger partial charge is 0.361 e. The zero-order valence-electron chi connectivity index (χ0n) is 8.25. The van der Waals surface area contributed by atoms with Crippen molar-refractivity contribution in [3.63, 3.8) is 0 Å². The number of unbranched alkanes of at least 4 members (excludes halogenated alkanes) is 2. The van der Waals surface area contributed by atoms with E-state index in [0.29, 0.717) is 0 Å². The molecule has 4 N–H and O–H groups in total. The third-order valence-corrected chi connectivity index (χ3v) is 1.64. The molecule has 0 aromatic carbocycles. The van der Waals surface area contributed by atoms with Gasteiger partial charge in [-0.05, 0) is 39.7 Å². The van der Waals surface area contributed by atoms with Crippen molar-refractivity contribution >= 4 is 0 Å². The van der Waals surface area contributed by atoms with Gasteiger partial charge in [-0.3, -0.25) is 0 Å². The van der Waals surface area contributed by atoms with E-state index in [4.69, 9.17) is 16.2 Å². The summed E-state index contributed by atoms with van der Waals surface area (Å²) in [6.45, 7) is 4.78. The fourth-order valence-corrected chi connectivity index (χ4v) is 1.08. The molecule has 0 saturated heterocycles. The van der Waals surface area contributed by atoms with Crippen LogP contribution in [-0.4, -0.2) is 18.9 Å². The lowest BCUT2D eigenvalue weighted by Gasteiger charge is -2.15. The Morgan fingerprint density at radius 2 is 1.83 bits per heavy atom. The van der Waals surface area contributed by atoms with Gasteiger partial charge >= 0.3 is 0 Å². The number of nitrogens with two attached hydrogens (primary N) is 2. The molecule has 0 saturated carbocycles. The summed E-state index contributed by atoms with van der Waals surface area (Å²) < 4.78 is 5.38. The van der Waals surface area contributed by atoms with Crippen LogP contribution in [0.4, 0.5) is 0 Å². The van der Waals surface area contributed by atoms with Crippen LogP contribution in [0, 0.1) is 0 Å². The molecule has 74 valence electrons. The Hall–Kier alpha value is -0.120. The highest BCUT2D eigenvalue weighted by Gasteiger charge is 2.03. The Morgan fingerprint density at radius 3 is 2.33 bits per heavy atom. The normalized spacial score (nSPS) is 13.8. The lowest BCUT2D eigenvalue weighted by molar-refractivity contribution is 0.00590. The smallest absolute Gasteiger partial charge is 0.105 e. The maximum Gasteiger partial charge on any atom is 0.105 e. The van der Waals surface area contributed by atoms with Crippen LogP contribution in [0.15, 0.2) is 0 Å². The molecule has 0 radical (unpaired) electrons. The van der Waals surface area contributed by atoms with Crippen molar-refractivity contribution in [1.82, 2.24) is 0 Å². The van der Waals surface area contributed by atoms with Crippen LogP contribution in [-0.2, 0) is 4.74 Å². The van der Waals surface area contributed by atoms with Crippen molar-refractivity contribution in [3.8, 4) is 0 Å². The number of hydrogen-bond acceptors (Lipinski definition) is 3. The molecule has 0 spiro atoms. The summed E-state index contributed by atoms with van der Waals surface area (Å²) in [6, 6.07) is 0. The monoisotopic (exact) mass is 174 g/mol. The average molecular weight is 174 g/mol. The quantitative estimate of drug-likeness (QED) is 0.450. The molecule has 0 aliphatic heterocycles. The fraction of sp³-hybridized carbons (Fsp3) is 1.00. The maximum atomic E-state index is 5.70. The molecule has 3 nitrogen and oxygen atoms in total. The third-order valence-electron chi connectivity index (χ3n) is 1.64. The summed E-state index contributed by atoms with van der Waals surface area (Å²) in [7, 11) is 0. The predicted molar refractivity (Wildman–Crippen MR) is 51.7 cm³/mol. The molecule has 0 aliphatic rings. The topological polar surface area (TPSA) is 61.3 Å². The molecule has 0 bridgehead atoms. The van der Waals surface area contributed by atoms with Crippen molar-refractivity contribution in [1.29, 1.82) is 0 Å². The Kier molecular flexibility index (Phi) is 7.45. The van der Waals surface area contributed by atoms with E-state index in [0.717, 1.165) is 32.2 Å². The highest BCUT2D eigenvalue weighted by atomic mass is 16.5. The van der Waals surface area contributed by atoms with Crippen molar-refractivity contribution < 1.29 is 4.74 Å². The highest BCUT2D eigenvalue weighted by molar-refractivity contribution is 4.52. The first-order valence-corrected chi connectivity index (χ1v) is 4.78. The second-order valence-corrected chi connectivity index (χ2v) is 3.36. The van der Waals surface area contributed by atoms with Crippen LogP contribution in [0.3, 0.4) is 0 Å². The summed E-state index contributed by atoms with van der Waals surface area (Å²) in [4.78, 5) is 0. The molecule has 0 amide bonds. The van der Waals surface area contributed by atoms with Gasteiger partial charge in [0.25, 0.3) is 0 Å². The third kappa shape index (κ3) is 7.98.